The molecular weight excluding hydrogens is 305 g/mol. The molecule has 0 spiro atoms. The van der Waals surface area contributed by atoms with Gasteiger partial charge in [0.25, 0.3) is 5.69 Å². The van der Waals surface area contributed by atoms with Crippen LogP contribution < -0.4 is 0 Å². The molecule has 0 heterocycles. The van der Waals surface area contributed by atoms with Crippen molar-refractivity contribution in [3.8, 4) is 0 Å². The van der Waals surface area contributed by atoms with Crippen molar-refractivity contribution in [3.63, 3.8) is 0 Å². The third-order valence-electron chi connectivity index (χ3n) is 4.54. The van der Waals surface area contributed by atoms with Gasteiger partial charge < -0.3 is 9.79 Å². The quantitative estimate of drug-likeness (QED) is 0.449. The molecule has 0 aliphatic carbocycles. The highest BCUT2D eigenvalue weighted by atomic mass is 31.2. The van der Waals surface area contributed by atoms with Crippen molar-refractivity contribution in [1.29, 1.82) is 0 Å². The smallest absolute Gasteiger partial charge is 0.324 e. The topological polar surface area (TPSA) is 101 Å². The Labute approximate surface area is 130 Å². The first-order valence-electron chi connectivity index (χ1n) is 7.55. The van der Waals surface area contributed by atoms with E-state index in [1.807, 2.05) is 13.8 Å². The Bertz CT molecular complexity index is 604. The summed E-state index contributed by atoms with van der Waals surface area (Å²) in [4.78, 5) is 30.6. The lowest BCUT2D eigenvalue weighted by Crippen LogP contribution is -2.27. The second-order valence-corrected chi connectivity index (χ2v) is 7.28. The van der Waals surface area contributed by atoms with Crippen LogP contribution in [0, 0.1) is 10.1 Å². The molecule has 0 unspecified atom stereocenters. The van der Waals surface area contributed by atoms with Crippen LogP contribution >= 0.6 is 7.60 Å². The molecule has 7 heteroatoms. The van der Waals surface area contributed by atoms with Gasteiger partial charge in [-0.25, -0.2) is 0 Å². The summed E-state index contributed by atoms with van der Waals surface area (Å²) in [7, 11) is -4.41. The first kappa shape index (κ1) is 18.8. The normalized spacial score (nSPS) is 12.5. The lowest BCUT2D eigenvalue weighted by molar-refractivity contribution is -0.385. The Morgan fingerprint density at radius 2 is 1.59 bits per heavy atom. The molecule has 2 N–H and O–H groups in total. The highest BCUT2D eigenvalue weighted by molar-refractivity contribution is 7.53. The summed E-state index contributed by atoms with van der Waals surface area (Å²) in [6.45, 7) is 7.17. The molecule has 1 aromatic rings. The van der Waals surface area contributed by atoms with Gasteiger partial charge in [-0.3, -0.25) is 14.7 Å². The average molecular weight is 329 g/mol. The zero-order valence-electron chi connectivity index (χ0n) is 13.5. The standard InChI is InChI=1S/C15H24NO5P/c1-5-11-12(6-2)14(16(17)18)10-9-13(11)15(7-3,8-4)22(19,20)21/h9-10H,5-8H2,1-4H3,(H2,19,20,21). The van der Waals surface area contributed by atoms with Crippen molar-refractivity contribution in [2.75, 3.05) is 0 Å². The van der Waals surface area contributed by atoms with Gasteiger partial charge in [0.15, 0.2) is 0 Å². The van der Waals surface area contributed by atoms with Crippen LogP contribution in [-0.4, -0.2) is 14.7 Å². The molecule has 1 rings (SSSR count). The summed E-state index contributed by atoms with van der Waals surface area (Å²) in [5.41, 5.74) is 1.85. The molecule has 0 bridgehead atoms. The van der Waals surface area contributed by atoms with E-state index in [2.05, 4.69) is 0 Å². The predicted octanol–water partition coefficient (Wildman–Crippen LogP) is 3.91. The second-order valence-electron chi connectivity index (χ2n) is 5.34. The highest BCUT2D eigenvalue weighted by Gasteiger charge is 2.47. The average Bonchev–Trinajstić information content (AvgIpc) is 2.46. The zero-order valence-corrected chi connectivity index (χ0v) is 14.4. The highest BCUT2D eigenvalue weighted by Crippen LogP contribution is 2.62. The zero-order chi connectivity index (χ0) is 17.1. The summed E-state index contributed by atoms with van der Waals surface area (Å²) in [6, 6.07) is 2.91. The van der Waals surface area contributed by atoms with Crippen molar-refractivity contribution in [1.82, 2.24) is 0 Å². The lowest BCUT2D eigenvalue weighted by atomic mass is 9.84. The third-order valence-corrected chi connectivity index (χ3v) is 6.53. The number of hydrogen-bond acceptors (Lipinski definition) is 3. The summed E-state index contributed by atoms with van der Waals surface area (Å²) >= 11 is 0. The Hall–Kier alpha value is -1.23. The molecule has 0 fully saturated rings. The number of nitrogens with zero attached hydrogens (tertiary/aromatic N) is 1. The Morgan fingerprint density at radius 1 is 1.09 bits per heavy atom. The van der Waals surface area contributed by atoms with E-state index in [0.717, 1.165) is 0 Å². The predicted molar refractivity (Wildman–Crippen MR) is 86.2 cm³/mol. The van der Waals surface area contributed by atoms with E-state index < -0.39 is 17.7 Å². The fraction of sp³-hybridized carbons (Fsp3) is 0.600. The molecule has 22 heavy (non-hydrogen) atoms. The van der Waals surface area contributed by atoms with Gasteiger partial charge >= 0.3 is 7.60 Å². The summed E-state index contributed by atoms with van der Waals surface area (Å²) < 4.78 is 12.2. The van der Waals surface area contributed by atoms with E-state index in [1.165, 1.54) is 12.1 Å². The largest absolute Gasteiger partial charge is 0.335 e. The van der Waals surface area contributed by atoms with E-state index >= 15 is 0 Å². The molecule has 0 aromatic heterocycles. The Kier molecular flexibility index (Phi) is 5.90. The van der Waals surface area contributed by atoms with Crippen LogP contribution in [0.15, 0.2) is 12.1 Å². The van der Waals surface area contributed by atoms with Crippen LogP contribution in [0.1, 0.15) is 57.2 Å². The van der Waals surface area contributed by atoms with Crippen LogP contribution in [0.3, 0.4) is 0 Å². The Balaban J connectivity index is 3.80. The van der Waals surface area contributed by atoms with Crippen LogP contribution in [0.5, 0.6) is 0 Å². The summed E-state index contributed by atoms with van der Waals surface area (Å²) in [6.07, 6.45) is 1.52. The number of nitro groups is 1. The van der Waals surface area contributed by atoms with E-state index in [0.29, 0.717) is 29.5 Å². The molecule has 0 radical (unpaired) electrons. The van der Waals surface area contributed by atoms with E-state index in [-0.39, 0.29) is 18.5 Å². The summed E-state index contributed by atoms with van der Waals surface area (Å²) in [5, 5.41) is 9.92. The molecule has 0 aliphatic heterocycles. The monoisotopic (exact) mass is 329 g/mol. The van der Waals surface area contributed by atoms with Gasteiger partial charge in [-0.15, -0.1) is 0 Å². The molecule has 0 amide bonds. The van der Waals surface area contributed by atoms with Crippen LogP contribution in [0.2, 0.25) is 0 Å². The maximum atomic E-state index is 12.2. The van der Waals surface area contributed by atoms with Crippen molar-refractivity contribution in [2.24, 2.45) is 0 Å². The minimum atomic E-state index is -4.41. The van der Waals surface area contributed by atoms with E-state index in [1.54, 1.807) is 13.8 Å². The number of nitro benzene ring substituents is 1. The van der Waals surface area contributed by atoms with Gasteiger partial charge in [0.05, 0.1) is 10.1 Å². The molecule has 1 aromatic carbocycles. The fourth-order valence-corrected chi connectivity index (χ4v) is 4.63. The molecular formula is C15H24NO5P. The van der Waals surface area contributed by atoms with Gasteiger partial charge in [0.1, 0.15) is 0 Å². The molecule has 6 nitrogen and oxygen atoms in total. The third kappa shape index (κ3) is 2.96. The number of benzene rings is 1. The van der Waals surface area contributed by atoms with Crippen LogP contribution in [-0.2, 0) is 22.6 Å². The maximum absolute atomic E-state index is 12.2. The van der Waals surface area contributed by atoms with Gasteiger partial charge in [0, 0.05) is 11.6 Å². The molecule has 0 saturated carbocycles. The van der Waals surface area contributed by atoms with Crippen LogP contribution in [0.4, 0.5) is 5.69 Å². The number of rotatable bonds is 7. The Morgan fingerprint density at radius 3 is 1.91 bits per heavy atom. The minimum Gasteiger partial charge on any atom is -0.324 e. The van der Waals surface area contributed by atoms with Crippen molar-refractivity contribution >= 4 is 13.3 Å². The molecule has 0 aliphatic rings. The summed E-state index contributed by atoms with van der Waals surface area (Å²) in [5.74, 6) is 0. The first-order chi connectivity index (χ1) is 10.2. The van der Waals surface area contributed by atoms with Gasteiger partial charge in [-0.2, -0.15) is 0 Å². The van der Waals surface area contributed by atoms with Crippen LogP contribution in [0.25, 0.3) is 0 Å². The van der Waals surface area contributed by atoms with E-state index in [9.17, 15) is 24.5 Å². The second kappa shape index (κ2) is 6.90. The minimum absolute atomic E-state index is 0.0231. The molecule has 124 valence electrons. The maximum Gasteiger partial charge on any atom is 0.335 e. The van der Waals surface area contributed by atoms with Crippen molar-refractivity contribution in [2.45, 2.75) is 58.5 Å². The molecule has 0 saturated heterocycles. The van der Waals surface area contributed by atoms with Crippen molar-refractivity contribution in [3.05, 3.63) is 38.9 Å². The van der Waals surface area contributed by atoms with Crippen molar-refractivity contribution < 1.29 is 19.3 Å². The van der Waals surface area contributed by atoms with Gasteiger partial charge in [-0.05, 0) is 36.8 Å². The van der Waals surface area contributed by atoms with Gasteiger partial charge in [-0.1, -0.05) is 33.8 Å². The molecule has 0 atom stereocenters. The first-order valence-corrected chi connectivity index (χ1v) is 9.16. The van der Waals surface area contributed by atoms with E-state index in [4.69, 9.17) is 0 Å². The SMILES string of the molecule is CCc1c([N+](=O)[O-])ccc(C(CC)(CC)P(=O)(O)O)c1CC. The lowest BCUT2D eigenvalue weighted by Gasteiger charge is -2.35. The van der Waals surface area contributed by atoms with Gasteiger partial charge in [0.2, 0.25) is 0 Å². The number of hydrogen-bond donors (Lipinski definition) is 2. The fourth-order valence-electron chi connectivity index (χ4n) is 3.29.